The van der Waals surface area contributed by atoms with Crippen molar-refractivity contribution < 1.29 is 0 Å². The first-order valence-electron chi connectivity index (χ1n) is 7.64. The number of aryl methyl sites for hydroxylation is 2. The largest absolute Gasteiger partial charge is 0.331 e. The van der Waals surface area contributed by atoms with Crippen molar-refractivity contribution >= 4 is 27.0 Å². The van der Waals surface area contributed by atoms with Gasteiger partial charge in [0.05, 0.1) is 11.0 Å². The lowest BCUT2D eigenvalue weighted by molar-refractivity contribution is 0.213. The Balaban J connectivity index is 2.17. The van der Waals surface area contributed by atoms with E-state index in [4.69, 9.17) is 10.7 Å². The minimum atomic E-state index is 0.299. The highest BCUT2D eigenvalue weighted by atomic mass is 79.9. The molecule has 3 nitrogen and oxygen atoms in total. The van der Waals surface area contributed by atoms with Gasteiger partial charge in [0.15, 0.2) is 0 Å². The van der Waals surface area contributed by atoms with Gasteiger partial charge in [-0.15, -0.1) is 0 Å². The van der Waals surface area contributed by atoms with E-state index >= 15 is 0 Å². The van der Waals surface area contributed by atoms with Crippen LogP contribution < -0.4 is 5.73 Å². The van der Waals surface area contributed by atoms with E-state index in [-0.39, 0.29) is 0 Å². The number of halogens is 1. The zero-order valence-corrected chi connectivity index (χ0v) is 15.1. The summed E-state index contributed by atoms with van der Waals surface area (Å²) in [5.74, 6) is 1.79. The van der Waals surface area contributed by atoms with Crippen LogP contribution in [-0.2, 0) is 13.5 Å². The molecule has 0 aliphatic rings. The summed E-state index contributed by atoms with van der Waals surface area (Å²) < 4.78 is 3.29. The summed E-state index contributed by atoms with van der Waals surface area (Å²) in [4.78, 5) is 4.79. The molecular weight excluding hydrogens is 326 g/mol. The van der Waals surface area contributed by atoms with Crippen LogP contribution in [0.25, 0.3) is 11.0 Å². The van der Waals surface area contributed by atoms with Crippen LogP contribution in [0.4, 0.5) is 0 Å². The Morgan fingerprint density at radius 2 is 2.00 bits per heavy atom. The van der Waals surface area contributed by atoms with Crippen LogP contribution in [0.1, 0.15) is 39.4 Å². The maximum Gasteiger partial charge on any atom is 0.109 e. The predicted molar refractivity (Wildman–Crippen MR) is 93.4 cm³/mol. The fourth-order valence-corrected chi connectivity index (χ4v) is 3.31. The van der Waals surface area contributed by atoms with E-state index in [2.05, 4.69) is 66.5 Å². The number of hydrogen-bond acceptors (Lipinski definition) is 2. The number of rotatable bonds is 5. The van der Waals surface area contributed by atoms with Gasteiger partial charge in [0.1, 0.15) is 5.82 Å². The zero-order valence-electron chi connectivity index (χ0n) is 13.5. The van der Waals surface area contributed by atoms with E-state index in [1.165, 1.54) is 5.52 Å². The molecule has 0 saturated heterocycles. The molecule has 1 aromatic carbocycles. The summed E-state index contributed by atoms with van der Waals surface area (Å²) in [6.45, 7) is 7.68. The molecule has 0 fully saturated rings. The molecule has 4 heteroatoms. The van der Waals surface area contributed by atoms with Gasteiger partial charge >= 0.3 is 0 Å². The molecule has 0 radical (unpaired) electrons. The van der Waals surface area contributed by atoms with Crippen LogP contribution in [-0.4, -0.2) is 16.1 Å². The third kappa shape index (κ3) is 3.86. The molecule has 0 saturated carbocycles. The van der Waals surface area contributed by atoms with Gasteiger partial charge in [-0.3, -0.25) is 0 Å². The Labute approximate surface area is 136 Å². The number of hydrogen-bond donors (Lipinski definition) is 1. The van der Waals surface area contributed by atoms with Crippen molar-refractivity contribution in [3.05, 3.63) is 28.5 Å². The average Bonchev–Trinajstić information content (AvgIpc) is 2.69. The standard InChI is InChI=1S/C17H26BrN3/c1-17(2,3)12(9-10-19)5-8-16-20-14-11-13(18)6-7-15(14)21(16)4/h6-7,11-12H,5,8-10,19H2,1-4H3. The maximum atomic E-state index is 5.78. The van der Waals surface area contributed by atoms with Crippen molar-refractivity contribution in [3.63, 3.8) is 0 Å². The van der Waals surface area contributed by atoms with Crippen molar-refractivity contribution in [3.8, 4) is 0 Å². The lowest BCUT2D eigenvalue weighted by Gasteiger charge is -2.30. The molecule has 0 amide bonds. The Kier molecular flexibility index (Phi) is 5.10. The average molecular weight is 352 g/mol. The van der Waals surface area contributed by atoms with E-state index in [1.807, 2.05) is 0 Å². The number of nitrogens with two attached hydrogens (primary N) is 1. The van der Waals surface area contributed by atoms with Gasteiger partial charge in [0, 0.05) is 17.9 Å². The van der Waals surface area contributed by atoms with Crippen LogP contribution in [0.2, 0.25) is 0 Å². The van der Waals surface area contributed by atoms with Crippen LogP contribution in [0.15, 0.2) is 22.7 Å². The summed E-state index contributed by atoms with van der Waals surface area (Å²) in [5.41, 5.74) is 8.33. The van der Waals surface area contributed by atoms with Gasteiger partial charge in [0.25, 0.3) is 0 Å². The van der Waals surface area contributed by atoms with Crippen LogP contribution in [0.5, 0.6) is 0 Å². The fourth-order valence-electron chi connectivity index (χ4n) is 2.96. The normalized spacial score (nSPS) is 13.8. The van der Waals surface area contributed by atoms with Gasteiger partial charge in [0.2, 0.25) is 0 Å². The Morgan fingerprint density at radius 1 is 1.29 bits per heavy atom. The summed E-state index contributed by atoms with van der Waals surface area (Å²) >= 11 is 3.51. The molecule has 1 atom stereocenters. The van der Waals surface area contributed by atoms with E-state index < -0.39 is 0 Å². The number of imidazole rings is 1. The lowest BCUT2D eigenvalue weighted by atomic mass is 9.76. The first-order chi connectivity index (χ1) is 9.82. The SMILES string of the molecule is Cn1c(CCC(CCN)C(C)(C)C)nc2cc(Br)ccc21. The number of benzene rings is 1. The molecule has 1 unspecified atom stereocenters. The Bertz CT molecular complexity index is 610. The molecule has 0 aliphatic carbocycles. The monoisotopic (exact) mass is 351 g/mol. The quantitative estimate of drug-likeness (QED) is 0.873. The number of aromatic nitrogens is 2. The zero-order chi connectivity index (χ0) is 15.6. The molecule has 1 heterocycles. The predicted octanol–water partition coefficient (Wildman–Crippen LogP) is 4.28. The third-order valence-corrected chi connectivity index (χ3v) is 4.89. The minimum absolute atomic E-state index is 0.299. The maximum absolute atomic E-state index is 5.78. The fraction of sp³-hybridized carbons (Fsp3) is 0.588. The summed E-state index contributed by atoms with van der Waals surface area (Å²) in [7, 11) is 2.10. The highest BCUT2D eigenvalue weighted by Crippen LogP contribution is 2.32. The molecule has 21 heavy (non-hydrogen) atoms. The highest BCUT2D eigenvalue weighted by molar-refractivity contribution is 9.10. The smallest absolute Gasteiger partial charge is 0.109 e. The third-order valence-electron chi connectivity index (χ3n) is 4.39. The number of nitrogens with zero attached hydrogens (tertiary/aromatic N) is 2. The van der Waals surface area contributed by atoms with E-state index in [0.717, 1.165) is 41.6 Å². The van der Waals surface area contributed by atoms with Gasteiger partial charge in [-0.25, -0.2) is 4.98 Å². The highest BCUT2D eigenvalue weighted by Gasteiger charge is 2.24. The molecular formula is C17H26BrN3. The van der Waals surface area contributed by atoms with Crippen LogP contribution >= 0.6 is 15.9 Å². The minimum Gasteiger partial charge on any atom is -0.331 e. The molecule has 0 spiro atoms. The van der Waals surface area contributed by atoms with Crippen molar-refractivity contribution in [1.82, 2.24) is 9.55 Å². The van der Waals surface area contributed by atoms with Crippen LogP contribution in [0, 0.1) is 11.3 Å². The second-order valence-electron chi connectivity index (χ2n) is 6.90. The molecule has 2 N–H and O–H groups in total. The van der Waals surface area contributed by atoms with E-state index in [1.54, 1.807) is 0 Å². The van der Waals surface area contributed by atoms with Crippen molar-refractivity contribution in [2.45, 2.75) is 40.0 Å². The van der Waals surface area contributed by atoms with Crippen LogP contribution in [0.3, 0.4) is 0 Å². The Hall–Kier alpha value is -0.870. The molecule has 2 rings (SSSR count). The first kappa shape index (κ1) is 16.5. The van der Waals surface area contributed by atoms with Crippen molar-refractivity contribution in [2.24, 2.45) is 24.1 Å². The second-order valence-corrected chi connectivity index (χ2v) is 7.81. The summed E-state index contributed by atoms with van der Waals surface area (Å²) in [5, 5.41) is 0. The summed E-state index contributed by atoms with van der Waals surface area (Å²) in [6, 6.07) is 6.27. The second kappa shape index (κ2) is 6.49. The molecule has 0 bridgehead atoms. The first-order valence-corrected chi connectivity index (χ1v) is 8.43. The summed E-state index contributed by atoms with van der Waals surface area (Å²) in [6.07, 6.45) is 3.22. The van der Waals surface area contributed by atoms with Gasteiger partial charge < -0.3 is 10.3 Å². The van der Waals surface area contributed by atoms with Gasteiger partial charge in [-0.2, -0.15) is 0 Å². The van der Waals surface area contributed by atoms with E-state index in [9.17, 15) is 0 Å². The Morgan fingerprint density at radius 3 is 2.62 bits per heavy atom. The topological polar surface area (TPSA) is 43.8 Å². The van der Waals surface area contributed by atoms with E-state index in [0.29, 0.717) is 11.3 Å². The van der Waals surface area contributed by atoms with Gasteiger partial charge in [-0.1, -0.05) is 36.7 Å². The molecule has 1 aromatic heterocycles. The van der Waals surface area contributed by atoms with Crippen molar-refractivity contribution in [2.75, 3.05) is 6.54 Å². The van der Waals surface area contributed by atoms with Gasteiger partial charge in [-0.05, 0) is 48.9 Å². The van der Waals surface area contributed by atoms with Crippen molar-refractivity contribution in [1.29, 1.82) is 0 Å². The molecule has 2 aromatic rings. The molecule has 0 aliphatic heterocycles. The lowest BCUT2D eigenvalue weighted by Crippen LogP contribution is -2.24. The number of fused-ring (bicyclic) bond motifs is 1. The molecule has 116 valence electrons.